The van der Waals surface area contributed by atoms with Gasteiger partial charge in [0.1, 0.15) is 12.4 Å². The highest BCUT2D eigenvalue weighted by atomic mass is 79.9. The first-order valence-electron chi connectivity index (χ1n) is 8.30. The number of carbonyl (C=O) groups is 1. The van der Waals surface area contributed by atoms with E-state index in [1.54, 1.807) is 19.2 Å². The van der Waals surface area contributed by atoms with Crippen molar-refractivity contribution in [2.45, 2.75) is 11.8 Å². The number of rotatable bonds is 7. The lowest BCUT2D eigenvalue weighted by molar-refractivity contribution is 0.0773. The lowest BCUT2D eigenvalue weighted by atomic mass is 10.2. The lowest BCUT2D eigenvalue weighted by Crippen LogP contribution is -2.31. The van der Waals surface area contributed by atoms with Gasteiger partial charge in [0.05, 0.1) is 11.4 Å². The van der Waals surface area contributed by atoms with Gasteiger partial charge in [-0.3, -0.25) is 4.79 Å². The molecular weight excluding hydrogens is 432 g/mol. The number of ether oxygens (including phenoxy) is 1. The zero-order valence-corrected chi connectivity index (χ0v) is 18.2. The summed E-state index contributed by atoms with van der Waals surface area (Å²) in [5.41, 5.74) is 1.45. The molecule has 0 fully saturated rings. The summed E-state index contributed by atoms with van der Waals surface area (Å²) in [6, 6.07) is 12.2. The van der Waals surface area contributed by atoms with Gasteiger partial charge in [-0.25, -0.2) is 12.7 Å². The molecule has 6 nitrogen and oxygen atoms in total. The van der Waals surface area contributed by atoms with Crippen LogP contribution in [0.3, 0.4) is 0 Å². The number of likely N-dealkylation sites (N-methyl/N-ethyl adjacent to an activating group) is 1. The van der Waals surface area contributed by atoms with Crippen molar-refractivity contribution in [2.75, 3.05) is 34.3 Å². The standard InChI is InChI=1S/C19H23BrN2O4S/c1-14-5-8-16(9-6-14)26-12-11-22(4)19(23)15-7-10-17(20)18(13-15)27(24,25)21(2)3/h5-10,13H,11-12H2,1-4H3. The van der Waals surface area contributed by atoms with Crippen molar-refractivity contribution < 1.29 is 17.9 Å². The number of amides is 1. The van der Waals surface area contributed by atoms with E-state index in [2.05, 4.69) is 15.9 Å². The van der Waals surface area contributed by atoms with Gasteiger partial charge in [-0.05, 0) is 53.2 Å². The van der Waals surface area contributed by atoms with E-state index < -0.39 is 10.0 Å². The van der Waals surface area contributed by atoms with E-state index >= 15 is 0 Å². The molecular formula is C19H23BrN2O4S. The van der Waals surface area contributed by atoms with E-state index in [0.29, 0.717) is 23.2 Å². The molecule has 2 rings (SSSR count). The Morgan fingerprint density at radius 2 is 1.70 bits per heavy atom. The number of hydrogen-bond donors (Lipinski definition) is 0. The van der Waals surface area contributed by atoms with Gasteiger partial charge >= 0.3 is 0 Å². The first-order valence-corrected chi connectivity index (χ1v) is 10.5. The van der Waals surface area contributed by atoms with E-state index in [4.69, 9.17) is 4.74 Å². The van der Waals surface area contributed by atoms with Crippen molar-refractivity contribution >= 4 is 31.9 Å². The van der Waals surface area contributed by atoms with Crippen molar-refractivity contribution in [3.05, 3.63) is 58.1 Å². The number of sulfonamides is 1. The van der Waals surface area contributed by atoms with E-state index in [9.17, 15) is 13.2 Å². The summed E-state index contributed by atoms with van der Waals surface area (Å²) in [5.74, 6) is 0.467. The Hall–Kier alpha value is -1.90. The van der Waals surface area contributed by atoms with Crippen LogP contribution < -0.4 is 4.74 Å². The van der Waals surface area contributed by atoms with Crippen LogP contribution in [-0.2, 0) is 10.0 Å². The molecule has 0 unspecified atom stereocenters. The topological polar surface area (TPSA) is 66.9 Å². The quantitative estimate of drug-likeness (QED) is 0.644. The first kappa shape index (κ1) is 21.4. The second-order valence-corrected chi connectivity index (χ2v) is 9.30. The number of aryl methyl sites for hydroxylation is 1. The minimum atomic E-state index is -3.65. The summed E-state index contributed by atoms with van der Waals surface area (Å²) in [7, 11) is 0.899. The average molecular weight is 455 g/mol. The monoisotopic (exact) mass is 454 g/mol. The van der Waals surface area contributed by atoms with Gasteiger partial charge in [0.2, 0.25) is 10.0 Å². The molecule has 146 valence electrons. The Labute approximate surface area is 168 Å². The Morgan fingerprint density at radius 1 is 1.07 bits per heavy atom. The molecule has 0 bridgehead atoms. The van der Waals surface area contributed by atoms with Crippen molar-refractivity contribution in [1.29, 1.82) is 0 Å². The van der Waals surface area contributed by atoms with Gasteiger partial charge in [-0.15, -0.1) is 0 Å². The zero-order valence-electron chi connectivity index (χ0n) is 15.8. The highest BCUT2D eigenvalue weighted by Crippen LogP contribution is 2.25. The van der Waals surface area contributed by atoms with Crippen molar-refractivity contribution in [3.8, 4) is 5.75 Å². The van der Waals surface area contributed by atoms with Crippen LogP contribution in [0.1, 0.15) is 15.9 Å². The molecule has 0 spiro atoms. The van der Waals surface area contributed by atoms with Crippen LogP contribution >= 0.6 is 15.9 Å². The number of hydrogen-bond acceptors (Lipinski definition) is 4. The second kappa shape index (κ2) is 8.86. The third-order valence-corrected chi connectivity index (χ3v) is 6.81. The first-order chi connectivity index (χ1) is 12.6. The minimum Gasteiger partial charge on any atom is -0.492 e. The fraction of sp³-hybridized carbons (Fsp3) is 0.316. The molecule has 0 N–H and O–H groups in total. The molecule has 1 amide bonds. The summed E-state index contributed by atoms with van der Waals surface area (Å²) in [6.07, 6.45) is 0. The predicted octanol–water partition coefficient (Wildman–Crippen LogP) is 3.16. The molecule has 0 saturated heterocycles. The summed E-state index contributed by atoms with van der Waals surface area (Å²) in [5, 5.41) is 0. The number of benzene rings is 2. The minimum absolute atomic E-state index is 0.0580. The normalized spacial score (nSPS) is 11.5. The van der Waals surface area contributed by atoms with Crippen molar-refractivity contribution in [1.82, 2.24) is 9.21 Å². The van der Waals surface area contributed by atoms with Gasteiger partial charge in [-0.2, -0.15) is 0 Å². The van der Waals surface area contributed by atoms with Crippen molar-refractivity contribution in [3.63, 3.8) is 0 Å². The van der Waals surface area contributed by atoms with Gasteiger partial charge in [-0.1, -0.05) is 17.7 Å². The third-order valence-electron chi connectivity index (χ3n) is 4.00. The molecule has 8 heteroatoms. The van der Waals surface area contributed by atoms with Crippen LogP contribution in [0.4, 0.5) is 0 Å². The lowest BCUT2D eigenvalue weighted by Gasteiger charge is -2.19. The van der Waals surface area contributed by atoms with Crippen LogP contribution in [0.25, 0.3) is 0 Å². The van der Waals surface area contributed by atoms with Gasteiger partial charge in [0, 0.05) is 31.2 Å². The Kier molecular flexibility index (Phi) is 7.02. The Morgan fingerprint density at radius 3 is 2.30 bits per heavy atom. The summed E-state index contributed by atoms with van der Waals surface area (Å²) < 4.78 is 32.0. The fourth-order valence-electron chi connectivity index (χ4n) is 2.29. The van der Waals surface area contributed by atoms with Crippen LogP contribution in [0, 0.1) is 6.92 Å². The molecule has 2 aromatic carbocycles. The predicted molar refractivity (Wildman–Crippen MR) is 109 cm³/mol. The number of nitrogens with zero attached hydrogens (tertiary/aromatic N) is 2. The summed E-state index contributed by atoms with van der Waals surface area (Å²) in [6.45, 7) is 2.71. The van der Waals surface area contributed by atoms with Crippen LogP contribution in [0.5, 0.6) is 5.75 Å². The SMILES string of the molecule is Cc1ccc(OCCN(C)C(=O)c2ccc(Br)c(S(=O)(=O)N(C)C)c2)cc1. The van der Waals surface area contributed by atoms with Crippen LogP contribution in [0.15, 0.2) is 51.8 Å². The molecule has 0 aliphatic rings. The molecule has 2 aromatic rings. The van der Waals surface area contributed by atoms with E-state index in [-0.39, 0.29) is 10.8 Å². The molecule has 0 heterocycles. The maximum Gasteiger partial charge on any atom is 0.253 e. The van der Waals surface area contributed by atoms with Crippen LogP contribution in [0.2, 0.25) is 0 Å². The molecule has 0 aliphatic heterocycles. The number of halogens is 1. The summed E-state index contributed by atoms with van der Waals surface area (Å²) in [4.78, 5) is 14.2. The van der Waals surface area contributed by atoms with Gasteiger partial charge in [0.15, 0.2) is 0 Å². The average Bonchev–Trinajstić information content (AvgIpc) is 2.62. The molecule has 27 heavy (non-hydrogen) atoms. The largest absolute Gasteiger partial charge is 0.492 e. The van der Waals surface area contributed by atoms with E-state index in [1.807, 2.05) is 31.2 Å². The van der Waals surface area contributed by atoms with Crippen molar-refractivity contribution in [2.24, 2.45) is 0 Å². The van der Waals surface area contributed by atoms with E-state index in [0.717, 1.165) is 15.6 Å². The highest BCUT2D eigenvalue weighted by Gasteiger charge is 2.23. The molecule has 0 atom stereocenters. The molecule has 0 aromatic heterocycles. The molecule has 0 aliphatic carbocycles. The Balaban J connectivity index is 2.07. The molecule has 0 saturated carbocycles. The third kappa shape index (κ3) is 5.31. The summed E-state index contributed by atoms with van der Waals surface area (Å²) >= 11 is 3.24. The zero-order chi connectivity index (χ0) is 20.2. The fourth-order valence-corrected chi connectivity index (χ4v) is 4.13. The number of carbonyl (C=O) groups excluding carboxylic acids is 1. The second-order valence-electron chi connectivity index (χ2n) is 6.32. The maximum atomic E-state index is 12.6. The smallest absolute Gasteiger partial charge is 0.253 e. The molecule has 0 radical (unpaired) electrons. The van der Waals surface area contributed by atoms with Gasteiger partial charge < -0.3 is 9.64 Å². The van der Waals surface area contributed by atoms with E-state index in [1.165, 1.54) is 25.1 Å². The maximum absolute atomic E-state index is 12.6. The van der Waals surface area contributed by atoms with Gasteiger partial charge in [0.25, 0.3) is 5.91 Å². The van der Waals surface area contributed by atoms with Crippen LogP contribution in [-0.4, -0.2) is 57.8 Å². The highest BCUT2D eigenvalue weighted by molar-refractivity contribution is 9.10. The Bertz CT molecular complexity index is 912.